The van der Waals surface area contributed by atoms with Crippen LogP contribution in [0.5, 0.6) is 0 Å². The van der Waals surface area contributed by atoms with Crippen LogP contribution in [0, 0.1) is 25.2 Å². The number of carboxylic acid groups (broad SMARTS) is 1. The van der Waals surface area contributed by atoms with Gasteiger partial charge in [0.25, 0.3) is 0 Å². The predicted octanol–water partition coefficient (Wildman–Crippen LogP) is 1.79. The van der Waals surface area contributed by atoms with Crippen molar-refractivity contribution in [2.45, 2.75) is 26.7 Å². The molecule has 0 saturated heterocycles. The van der Waals surface area contributed by atoms with E-state index < -0.39 is 5.97 Å². The SMILES string of the molecule is Cc1[nH]c(C(=O)O)c(C)c1CCC#N. The van der Waals surface area contributed by atoms with E-state index in [1.807, 2.05) is 13.0 Å². The minimum absolute atomic E-state index is 0.232. The molecule has 1 aromatic heterocycles. The van der Waals surface area contributed by atoms with E-state index in [9.17, 15) is 4.79 Å². The molecule has 14 heavy (non-hydrogen) atoms. The number of hydrogen-bond acceptors (Lipinski definition) is 2. The van der Waals surface area contributed by atoms with E-state index in [1.165, 1.54) is 0 Å². The van der Waals surface area contributed by atoms with Gasteiger partial charge < -0.3 is 10.1 Å². The smallest absolute Gasteiger partial charge is 0.352 e. The van der Waals surface area contributed by atoms with E-state index in [2.05, 4.69) is 4.98 Å². The van der Waals surface area contributed by atoms with Gasteiger partial charge in [-0.2, -0.15) is 5.26 Å². The fourth-order valence-corrected chi connectivity index (χ4v) is 1.56. The highest BCUT2D eigenvalue weighted by molar-refractivity contribution is 5.88. The van der Waals surface area contributed by atoms with Crippen LogP contribution in [0.3, 0.4) is 0 Å². The zero-order valence-electron chi connectivity index (χ0n) is 8.22. The van der Waals surface area contributed by atoms with Crippen molar-refractivity contribution in [2.75, 3.05) is 0 Å². The van der Waals surface area contributed by atoms with Crippen LogP contribution in [-0.4, -0.2) is 16.1 Å². The summed E-state index contributed by atoms with van der Waals surface area (Å²) in [5.74, 6) is -0.950. The maximum absolute atomic E-state index is 10.8. The number of aromatic nitrogens is 1. The highest BCUT2D eigenvalue weighted by Gasteiger charge is 2.15. The van der Waals surface area contributed by atoms with Crippen molar-refractivity contribution in [3.8, 4) is 6.07 Å². The van der Waals surface area contributed by atoms with Crippen LogP contribution in [0.25, 0.3) is 0 Å². The Balaban J connectivity index is 3.06. The molecule has 0 aliphatic heterocycles. The van der Waals surface area contributed by atoms with Crippen LogP contribution < -0.4 is 0 Å². The molecule has 0 atom stereocenters. The summed E-state index contributed by atoms with van der Waals surface area (Å²) in [6.45, 7) is 3.59. The highest BCUT2D eigenvalue weighted by atomic mass is 16.4. The van der Waals surface area contributed by atoms with Crippen LogP contribution in [0.1, 0.15) is 33.7 Å². The Morgan fingerprint density at radius 3 is 2.64 bits per heavy atom. The van der Waals surface area contributed by atoms with Crippen LogP contribution in [0.2, 0.25) is 0 Å². The first kappa shape index (κ1) is 10.3. The molecule has 4 nitrogen and oxygen atoms in total. The first-order chi connectivity index (χ1) is 6.57. The normalized spacial score (nSPS) is 9.79. The highest BCUT2D eigenvalue weighted by Crippen LogP contribution is 2.19. The molecule has 0 amide bonds. The molecule has 0 bridgehead atoms. The summed E-state index contributed by atoms with van der Waals surface area (Å²) in [6.07, 6.45) is 1.02. The van der Waals surface area contributed by atoms with Crippen molar-refractivity contribution in [2.24, 2.45) is 0 Å². The third kappa shape index (κ3) is 1.77. The summed E-state index contributed by atoms with van der Waals surface area (Å²) in [6, 6.07) is 2.05. The number of aromatic amines is 1. The second kappa shape index (κ2) is 3.97. The fraction of sp³-hybridized carbons (Fsp3) is 0.400. The van der Waals surface area contributed by atoms with Crippen molar-refractivity contribution in [1.82, 2.24) is 4.98 Å². The number of carboxylic acids is 1. The van der Waals surface area contributed by atoms with Crippen molar-refractivity contribution in [1.29, 1.82) is 5.26 Å². The molecule has 0 aromatic carbocycles. The Morgan fingerprint density at radius 2 is 2.21 bits per heavy atom. The average molecular weight is 192 g/mol. The molecule has 1 heterocycles. The van der Waals surface area contributed by atoms with Crippen LogP contribution in [-0.2, 0) is 6.42 Å². The van der Waals surface area contributed by atoms with Gasteiger partial charge in [0.1, 0.15) is 5.69 Å². The molecular formula is C10H12N2O2. The topological polar surface area (TPSA) is 76.9 Å². The summed E-state index contributed by atoms with van der Waals surface area (Å²) in [5, 5.41) is 17.3. The molecule has 74 valence electrons. The van der Waals surface area contributed by atoms with Crippen LogP contribution in [0.15, 0.2) is 0 Å². The minimum atomic E-state index is -0.950. The molecule has 0 unspecified atom stereocenters. The number of nitrogens with zero attached hydrogens (tertiary/aromatic N) is 1. The van der Waals surface area contributed by atoms with Gasteiger partial charge in [-0.25, -0.2) is 4.79 Å². The predicted molar refractivity (Wildman–Crippen MR) is 51.2 cm³/mol. The number of nitriles is 1. The first-order valence-electron chi connectivity index (χ1n) is 4.36. The van der Waals surface area contributed by atoms with Gasteiger partial charge in [0.2, 0.25) is 0 Å². The zero-order chi connectivity index (χ0) is 10.7. The zero-order valence-corrected chi connectivity index (χ0v) is 8.22. The van der Waals surface area contributed by atoms with Gasteiger partial charge in [0, 0.05) is 12.1 Å². The van der Waals surface area contributed by atoms with Gasteiger partial charge in [0.15, 0.2) is 0 Å². The lowest BCUT2D eigenvalue weighted by Crippen LogP contribution is -1.99. The third-order valence-electron chi connectivity index (χ3n) is 2.29. The second-order valence-electron chi connectivity index (χ2n) is 3.19. The van der Waals surface area contributed by atoms with Crippen molar-refractivity contribution >= 4 is 5.97 Å². The number of H-pyrrole nitrogens is 1. The van der Waals surface area contributed by atoms with E-state index >= 15 is 0 Å². The summed E-state index contributed by atoms with van der Waals surface area (Å²) >= 11 is 0. The number of aryl methyl sites for hydroxylation is 1. The van der Waals surface area contributed by atoms with E-state index in [0.29, 0.717) is 12.8 Å². The van der Waals surface area contributed by atoms with Gasteiger partial charge in [-0.15, -0.1) is 0 Å². The van der Waals surface area contributed by atoms with Gasteiger partial charge in [-0.3, -0.25) is 0 Å². The summed E-state index contributed by atoms with van der Waals surface area (Å²) < 4.78 is 0. The average Bonchev–Trinajstić information content (AvgIpc) is 2.40. The van der Waals surface area contributed by atoms with Crippen molar-refractivity contribution in [3.63, 3.8) is 0 Å². The number of nitrogens with one attached hydrogen (secondary N) is 1. The largest absolute Gasteiger partial charge is 0.477 e. The Morgan fingerprint density at radius 1 is 1.57 bits per heavy atom. The lowest BCUT2D eigenvalue weighted by atomic mass is 10.1. The number of rotatable bonds is 3. The lowest BCUT2D eigenvalue weighted by Gasteiger charge is -1.97. The summed E-state index contributed by atoms with van der Waals surface area (Å²) in [4.78, 5) is 13.6. The molecule has 0 fully saturated rings. The number of carbonyl (C=O) groups is 1. The first-order valence-corrected chi connectivity index (χ1v) is 4.36. The Labute approximate surface area is 82.2 Å². The van der Waals surface area contributed by atoms with E-state index in [4.69, 9.17) is 10.4 Å². The monoisotopic (exact) mass is 192 g/mol. The molecule has 0 aliphatic carbocycles. The van der Waals surface area contributed by atoms with E-state index in [1.54, 1.807) is 6.92 Å². The second-order valence-corrected chi connectivity index (χ2v) is 3.19. The Hall–Kier alpha value is -1.76. The molecule has 2 N–H and O–H groups in total. The van der Waals surface area contributed by atoms with Crippen molar-refractivity contribution < 1.29 is 9.90 Å². The Bertz CT molecular complexity index is 399. The van der Waals surface area contributed by atoms with Gasteiger partial charge in [-0.1, -0.05) is 0 Å². The lowest BCUT2D eigenvalue weighted by molar-refractivity contribution is 0.0690. The summed E-state index contributed by atoms with van der Waals surface area (Å²) in [5.41, 5.74) is 2.76. The molecule has 0 spiro atoms. The van der Waals surface area contributed by atoms with Crippen molar-refractivity contribution in [3.05, 3.63) is 22.5 Å². The number of hydrogen-bond donors (Lipinski definition) is 2. The third-order valence-corrected chi connectivity index (χ3v) is 2.29. The van der Waals surface area contributed by atoms with Gasteiger partial charge in [-0.05, 0) is 31.4 Å². The minimum Gasteiger partial charge on any atom is -0.477 e. The molecule has 0 aliphatic rings. The van der Waals surface area contributed by atoms with Gasteiger partial charge >= 0.3 is 5.97 Å². The molecular weight excluding hydrogens is 180 g/mol. The number of aromatic carboxylic acids is 1. The standard InChI is InChI=1S/C10H12N2O2/c1-6-8(4-3-5-11)7(2)12-9(6)10(13)14/h12H,3-4H2,1-2H3,(H,13,14). The van der Waals surface area contributed by atoms with E-state index in [-0.39, 0.29) is 5.69 Å². The maximum Gasteiger partial charge on any atom is 0.352 e. The maximum atomic E-state index is 10.8. The van der Waals surface area contributed by atoms with Crippen LogP contribution >= 0.6 is 0 Å². The molecule has 0 saturated carbocycles. The summed E-state index contributed by atoms with van der Waals surface area (Å²) in [7, 11) is 0. The molecule has 1 rings (SSSR count). The molecule has 1 aromatic rings. The van der Waals surface area contributed by atoms with Gasteiger partial charge in [0.05, 0.1) is 6.07 Å². The Kier molecular flexibility index (Phi) is 2.92. The fourth-order valence-electron chi connectivity index (χ4n) is 1.56. The molecule has 0 radical (unpaired) electrons. The quantitative estimate of drug-likeness (QED) is 0.766. The van der Waals surface area contributed by atoms with E-state index in [0.717, 1.165) is 16.8 Å². The van der Waals surface area contributed by atoms with Crippen LogP contribution in [0.4, 0.5) is 0 Å². The molecule has 4 heteroatoms.